The van der Waals surface area contributed by atoms with Crippen LogP contribution in [0, 0.1) is 18.3 Å². The molecule has 1 atom stereocenters. The van der Waals surface area contributed by atoms with E-state index in [-0.39, 0.29) is 12.6 Å². The molecule has 1 aromatic heterocycles. The maximum atomic E-state index is 10.9. The van der Waals surface area contributed by atoms with Crippen LogP contribution in [0.25, 0.3) is 0 Å². The van der Waals surface area contributed by atoms with Crippen LogP contribution in [0.3, 0.4) is 0 Å². The van der Waals surface area contributed by atoms with Gasteiger partial charge in [0.25, 0.3) is 0 Å². The molecule has 0 saturated heterocycles. The second kappa shape index (κ2) is 6.43. The van der Waals surface area contributed by atoms with E-state index in [9.17, 15) is 4.79 Å². The highest BCUT2D eigenvalue weighted by Gasteiger charge is 2.25. The molecule has 1 rings (SSSR count). The van der Waals surface area contributed by atoms with Crippen molar-refractivity contribution in [2.45, 2.75) is 19.9 Å². The first kappa shape index (κ1) is 13.8. The van der Waals surface area contributed by atoms with Gasteiger partial charge in [-0.1, -0.05) is 25.8 Å². The summed E-state index contributed by atoms with van der Waals surface area (Å²) in [5.74, 6) is 2.01. The van der Waals surface area contributed by atoms with Gasteiger partial charge < -0.3 is 5.11 Å². The zero-order valence-corrected chi connectivity index (χ0v) is 10.9. The van der Waals surface area contributed by atoms with Crippen molar-refractivity contribution in [2.24, 2.45) is 5.92 Å². The van der Waals surface area contributed by atoms with Crippen molar-refractivity contribution in [3.05, 3.63) is 22.4 Å². The maximum Gasteiger partial charge on any atom is 0.317 e. The summed E-state index contributed by atoms with van der Waals surface area (Å²) < 4.78 is 0. The van der Waals surface area contributed by atoms with Gasteiger partial charge >= 0.3 is 5.97 Å². The van der Waals surface area contributed by atoms with E-state index >= 15 is 0 Å². The Morgan fingerprint density at radius 2 is 2.35 bits per heavy atom. The summed E-state index contributed by atoms with van der Waals surface area (Å²) in [6.45, 7) is 4.49. The SMILES string of the molecule is C#CCN(CC(=O)O)C(c1cccs1)C(C)C. The molecule has 0 spiro atoms. The number of nitrogens with zero attached hydrogens (tertiary/aromatic N) is 1. The van der Waals surface area contributed by atoms with E-state index in [0.29, 0.717) is 12.5 Å². The molecule has 1 N–H and O–H groups in total. The zero-order valence-electron chi connectivity index (χ0n) is 10.1. The van der Waals surface area contributed by atoms with Crippen LogP contribution in [-0.4, -0.2) is 29.1 Å². The average Bonchev–Trinajstić information content (AvgIpc) is 2.70. The summed E-state index contributed by atoms with van der Waals surface area (Å²) in [5, 5.41) is 10.9. The van der Waals surface area contributed by atoms with Crippen molar-refractivity contribution in [1.82, 2.24) is 4.90 Å². The Morgan fingerprint density at radius 3 is 2.76 bits per heavy atom. The Kier molecular flexibility index (Phi) is 5.20. The molecule has 0 bridgehead atoms. The summed E-state index contributed by atoms with van der Waals surface area (Å²) in [4.78, 5) is 13.9. The Labute approximate surface area is 106 Å². The van der Waals surface area contributed by atoms with Gasteiger partial charge in [0, 0.05) is 10.9 Å². The highest BCUT2D eigenvalue weighted by molar-refractivity contribution is 7.10. The monoisotopic (exact) mass is 251 g/mol. The van der Waals surface area contributed by atoms with E-state index in [2.05, 4.69) is 19.8 Å². The highest BCUT2D eigenvalue weighted by Crippen LogP contribution is 2.31. The van der Waals surface area contributed by atoms with E-state index in [1.165, 1.54) is 0 Å². The number of hydrogen-bond acceptors (Lipinski definition) is 3. The fourth-order valence-electron chi connectivity index (χ4n) is 1.93. The van der Waals surface area contributed by atoms with Crippen molar-refractivity contribution in [1.29, 1.82) is 0 Å². The third kappa shape index (κ3) is 3.88. The molecular weight excluding hydrogens is 234 g/mol. The number of carboxylic acid groups (broad SMARTS) is 1. The molecule has 0 aliphatic carbocycles. The Bertz CT molecular complexity index is 392. The highest BCUT2D eigenvalue weighted by atomic mass is 32.1. The number of hydrogen-bond donors (Lipinski definition) is 1. The molecule has 17 heavy (non-hydrogen) atoms. The van der Waals surface area contributed by atoms with Crippen LogP contribution in [0.2, 0.25) is 0 Å². The van der Waals surface area contributed by atoms with Crippen LogP contribution in [0.5, 0.6) is 0 Å². The second-order valence-electron chi connectivity index (χ2n) is 4.21. The zero-order chi connectivity index (χ0) is 12.8. The van der Waals surface area contributed by atoms with Gasteiger partial charge in [0.1, 0.15) is 0 Å². The number of carboxylic acids is 1. The average molecular weight is 251 g/mol. The molecule has 0 aromatic carbocycles. The molecule has 3 nitrogen and oxygen atoms in total. The molecule has 4 heteroatoms. The van der Waals surface area contributed by atoms with Crippen LogP contribution in [-0.2, 0) is 4.79 Å². The van der Waals surface area contributed by atoms with Crippen LogP contribution in [0.4, 0.5) is 0 Å². The molecule has 0 aliphatic heterocycles. The Hall–Kier alpha value is -1.31. The third-order valence-corrected chi connectivity index (χ3v) is 3.44. The minimum atomic E-state index is -0.845. The van der Waals surface area contributed by atoms with Crippen LogP contribution < -0.4 is 0 Å². The van der Waals surface area contributed by atoms with Gasteiger partial charge in [-0.15, -0.1) is 17.8 Å². The summed E-state index contributed by atoms with van der Waals surface area (Å²) in [7, 11) is 0. The lowest BCUT2D eigenvalue weighted by atomic mass is 10.0. The van der Waals surface area contributed by atoms with Crippen LogP contribution in [0.15, 0.2) is 17.5 Å². The van der Waals surface area contributed by atoms with E-state index in [0.717, 1.165) is 4.88 Å². The normalized spacial score (nSPS) is 12.6. The van der Waals surface area contributed by atoms with Crippen molar-refractivity contribution < 1.29 is 9.90 Å². The summed E-state index contributed by atoms with van der Waals surface area (Å²) in [6.07, 6.45) is 5.32. The van der Waals surface area contributed by atoms with Crippen molar-refractivity contribution in [3.8, 4) is 12.3 Å². The van der Waals surface area contributed by atoms with Gasteiger partial charge in [-0.3, -0.25) is 9.69 Å². The van der Waals surface area contributed by atoms with Gasteiger partial charge in [-0.25, -0.2) is 0 Å². The molecular formula is C13H17NO2S. The van der Waals surface area contributed by atoms with Crippen LogP contribution >= 0.6 is 11.3 Å². The van der Waals surface area contributed by atoms with Crippen molar-refractivity contribution in [2.75, 3.05) is 13.1 Å². The molecule has 1 unspecified atom stereocenters. The predicted molar refractivity (Wildman–Crippen MR) is 69.9 cm³/mol. The summed E-state index contributed by atoms with van der Waals surface area (Å²) in [6, 6.07) is 4.08. The third-order valence-electron chi connectivity index (χ3n) is 2.49. The lowest BCUT2D eigenvalue weighted by Crippen LogP contribution is -2.36. The molecule has 0 saturated carbocycles. The molecule has 0 radical (unpaired) electrons. The van der Waals surface area contributed by atoms with Gasteiger partial charge in [-0.05, 0) is 17.4 Å². The molecule has 1 aromatic rings. The van der Waals surface area contributed by atoms with Crippen molar-refractivity contribution >= 4 is 17.3 Å². The first-order valence-corrected chi connectivity index (χ1v) is 6.37. The smallest absolute Gasteiger partial charge is 0.317 e. The van der Waals surface area contributed by atoms with Gasteiger partial charge in [0.15, 0.2) is 0 Å². The topological polar surface area (TPSA) is 40.5 Å². The Morgan fingerprint density at radius 1 is 1.65 bits per heavy atom. The number of terminal acetylenes is 1. The second-order valence-corrected chi connectivity index (χ2v) is 5.19. The van der Waals surface area contributed by atoms with E-state index in [4.69, 9.17) is 11.5 Å². The lowest BCUT2D eigenvalue weighted by Gasteiger charge is -2.31. The molecule has 0 amide bonds. The number of rotatable bonds is 6. The lowest BCUT2D eigenvalue weighted by molar-refractivity contribution is -0.139. The van der Waals surface area contributed by atoms with Gasteiger partial charge in [-0.2, -0.15) is 0 Å². The minimum absolute atomic E-state index is 0.0229. The quantitative estimate of drug-likeness (QED) is 0.790. The molecule has 1 heterocycles. The van der Waals surface area contributed by atoms with Crippen LogP contribution in [0.1, 0.15) is 24.8 Å². The maximum absolute atomic E-state index is 10.9. The van der Waals surface area contributed by atoms with E-state index in [1.807, 2.05) is 22.4 Å². The van der Waals surface area contributed by atoms with E-state index < -0.39 is 5.97 Å². The number of aliphatic carboxylic acids is 1. The Balaban J connectivity index is 2.94. The van der Waals surface area contributed by atoms with Gasteiger partial charge in [0.05, 0.1) is 13.1 Å². The first-order chi connectivity index (χ1) is 8.06. The minimum Gasteiger partial charge on any atom is -0.480 e. The molecule has 0 aliphatic rings. The summed E-state index contributed by atoms with van der Waals surface area (Å²) in [5.41, 5.74) is 0. The molecule has 0 fully saturated rings. The first-order valence-electron chi connectivity index (χ1n) is 5.49. The van der Waals surface area contributed by atoms with Crippen molar-refractivity contribution in [3.63, 3.8) is 0 Å². The van der Waals surface area contributed by atoms with E-state index in [1.54, 1.807) is 11.3 Å². The largest absolute Gasteiger partial charge is 0.480 e. The molecule has 92 valence electrons. The standard InChI is InChI=1S/C13H17NO2S/c1-4-7-14(9-12(15)16)13(10(2)3)11-6-5-8-17-11/h1,5-6,8,10,13H,7,9H2,2-3H3,(H,15,16). The fourth-order valence-corrected chi connectivity index (χ4v) is 2.97. The summed E-state index contributed by atoms with van der Waals surface area (Å²) >= 11 is 1.64. The predicted octanol–water partition coefficient (Wildman–Crippen LogP) is 2.47. The number of carbonyl (C=O) groups is 1. The van der Waals surface area contributed by atoms with Gasteiger partial charge in [0.2, 0.25) is 0 Å². The fraction of sp³-hybridized carbons (Fsp3) is 0.462. The number of thiophene rings is 1.